The van der Waals surface area contributed by atoms with Crippen molar-refractivity contribution >= 4 is 11.8 Å². The molecule has 2 atom stereocenters. The highest BCUT2D eigenvalue weighted by atomic mass is 16.5. The maximum atomic E-state index is 13.4. The van der Waals surface area contributed by atoms with Gasteiger partial charge in [-0.05, 0) is 46.7 Å². The third-order valence-electron chi connectivity index (χ3n) is 5.88. The predicted octanol–water partition coefficient (Wildman–Crippen LogP) is 3.49. The summed E-state index contributed by atoms with van der Waals surface area (Å²) in [4.78, 5) is 27.7. The van der Waals surface area contributed by atoms with E-state index in [0.717, 1.165) is 5.56 Å². The molecular formula is C26H31N3O4. The summed E-state index contributed by atoms with van der Waals surface area (Å²) in [7, 11) is 1.56. The number of nitrogens with one attached hydrogen (secondary N) is 1. The van der Waals surface area contributed by atoms with Gasteiger partial charge in [-0.2, -0.15) is 5.26 Å². The van der Waals surface area contributed by atoms with Gasteiger partial charge in [0.25, 0.3) is 0 Å². The van der Waals surface area contributed by atoms with Gasteiger partial charge in [0.05, 0.1) is 24.8 Å². The van der Waals surface area contributed by atoms with Crippen LogP contribution in [-0.2, 0) is 16.6 Å². The molecule has 3 rings (SSSR count). The van der Waals surface area contributed by atoms with Gasteiger partial charge < -0.3 is 20.1 Å². The van der Waals surface area contributed by atoms with Gasteiger partial charge in [-0.25, -0.2) is 4.79 Å². The van der Waals surface area contributed by atoms with E-state index in [0.29, 0.717) is 35.4 Å². The van der Waals surface area contributed by atoms with E-state index in [1.807, 2.05) is 32.9 Å². The molecule has 0 aromatic heterocycles. The number of methoxy groups -OCH3 is 1. The molecule has 2 N–H and O–H groups in total. The second-order valence-corrected chi connectivity index (χ2v) is 9.43. The van der Waals surface area contributed by atoms with Crippen LogP contribution in [0.1, 0.15) is 55.5 Å². The number of hydrogen-bond acceptors (Lipinski definition) is 5. The van der Waals surface area contributed by atoms with Gasteiger partial charge in [-0.1, -0.05) is 45.0 Å². The number of aliphatic hydroxyl groups excluding tert-OH is 1. The van der Waals surface area contributed by atoms with Gasteiger partial charge in [0.1, 0.15) is 11.8 Å². The van der Waals surface area contributed by atoms with Crippen molar-refractivity contribution in [3.8, 4) is 11.8 Å². The van der Waals surface area contributed by atoms with Crippen molar-refractivity contribution in [3.05, 3.63) is 64.7 Å². The molecule has 0 bridgehead atoms. The minimum atomic E-state index is -0.867. The lowest BCUT2D eigenvalue weighted by molar-refractivity contribution is -0.120. The van der Waals surface area contributed by atoms with Crippen molar-refractivity contribution in [1.29, 1.82) is 5.26 Å². The Kier molecular flexibility index (Phi) is 7.39. The average Bonchev–Trinajstić information content (AvgIpc) is 3.23. The van der Waals surface area contributed by atoms with Crippen LogP contribution >= 0.6 is 0 Å². The summed E-state index contributed by atoms with van der Waals surface area (Å²) in [6.45, 7) is 6.81. The molecule has 0 aliphatic carbocycles. The minimum Gasteiger partial charge on any atom is -0.497 e. The molecule has 2 aromatic carbocycles. The van der Waals surface area contributed by atoms with E-state index in [4.69, 9.17) is 4.74 Å². The highest BCUT2D eigenvalue weighted by Crippen LogP contribution is 2.27. The van der Waals surface area contributed by atoms with Crippen LogP contribution in [0.5, 0.6) is 5.75 Å². The molecule has 0 spiro atoms. The van der Waals surface area contributed by atoms with Crippen LogP contribution in [0.25, 0.3) is 0 Å². The number of aliphatic hydroxyl groups is 1. The van der Waals surface area contributed by atoms with E-state index < -0.39 is 12.1 Å². The topological polar surface area (TPSA) is 103 Å². The summed E-state index contributed by atoms with van der Waals surface area (Å²) >= 11 is 0. The number of amides is 2. The SMILES string of the molecule is COc1ccc(C(NC(=O)N2CCC(O)C2)C(=O)Cc2ccc(C(C)(C)C)c(C#N)c2)cc1. The Labute approximate surface area is 195 Å². The van der Waals surface area contributed by atoms with Gasteiger partial charge in [0.2, 0.25) is 0 Å². The third kappa shape index (κ3) is 5.91. The quantitative estimate of drug-likeness (QED) is 0.703. The van der Waals surface area contributed by atoms with Crippen molar-refractivity contribution in [2.45, 2.75) is 51.2 Å². The van der Waals surface area contributed by atoms with E-state index in [1.54, 1.807) is 37.4 Å². The predicted molar refractivity (Wildman–Crippen MR) is 125 cm³/mol. The largest absolute Gasteiger partial charge is 0.497 e. The zero-order chi connectivity index (χ0) is 24.2. The van der Waals surface area contributed by atoms with Crippen LogP contribution < -0.4 is 10.1 Å². The van der Waals surface area contributed by atoms with Crippen molar-refractivity contribution < 1.29 is 19.4 Å². The standard InChI is InChI=1S/C26H31N3O4/c1-26(2,3)22-10-5-17(13-19(22)15-27)14-23(31)24(18-6-8-21(33-4)9-7-18)28-25(32)29-12-11-20(30)16-29/h5-10,13,20,24,30H,11-12,14,16H2,1-4H3,(H,28,32). The van der Waals surface area contributed by atoms with Crippen molar-refractivity contribution in [2.75, 3.05) is 20.2 Å². The van der Waals surface area contributed by atoms with E-state index in [1.165, 1.54) is 4.90 Å². The molecule has 1 fully saturated rings. The molecule has 2 aromatic rings. The summed E-state index contributed by atoms with van der Waals surface area (Å²) in [5, 5.41) is 22.2. The Morgan fingerprint density at radius 3 is 2.48 bits per heavy atom. The van der Waals surface area contributed by atoms with Crippen LogP contribution in [-0.4, -0.2) is 48.1 Å². The molecule has 1 heterocycles. The highest BCUT2D eigenvalue weighted by Gasteiger charge is 2.29. The molecule has 1 aliphatic rings. The second kappa shape index (κ2) is 10.1. The van der Waals surface area contributed by atoms with E-state index in [9.17, 15) is 20.0 Å². The van der Waals surface area contributed by atoms with Gasteiger partial charge in [-0.3, -0.25) is 4.79 Å². The van der Waals surface area contributed by atoms with E-state index in [2.05, 4.69) is 11.4 Å². The maximum absolute atomic E-state index is 13.4. The second-order valence-electron chi connectivity index (χ2n) is 9.43. The molecule has 2 unspecified atom stereocenters. The number of nitriles is 1. The van der Waals surface area contributed by atoms with Gasteiger partial charge >= 0.3 is 6.03 Å². The van der Waals surface area contributed by atoms with Crippen LogP contribution in [0.4, 0.5) is 4.79 Å². The van der Waals surface area contributed by atoms with Crippen molar-refractivity contribution in [1.82, 2.24) is 10.2 Å². The monoisotopic (exact) mass is 449 g/mol. The number of hydrogen-bond donors (Lipinski definition) is 2. The Morgan fingerprint density at radius 1 is 1.24 bits per heavy atom. The Morgan fingerprint density at radius 2 is 1.94 bits per heavy atom. The Hall–Kier alpha value is -3.37. The Bertz CT molecular complexity index is 1050. The first kappa shape index (κ1) is 24.3. The number of carbonyl (C=O) groups excluding carboxylic acids is 2. The summed E-state index contributed by atoms with van der Waals surface area (Å²) in [6, 6.07) is 13.5. The van der Waals surface area contributed by atoms with Gasteiger partial charge in [0.15, 0.2) is 5.78 Å². The molecule has 7 nitrogen and oxygen atoms in total. The number of nitrogens with zero attached hydrogens (tertiary/aromatic N) is 2. The fourth-order valence-corrected chi connectivity index (χ4v) is 4.04. The summed E-state index contributed by atoms with van der Waals surface area (Å²) in [6.07, 6.45) is 0.0428. The number of β-amino-alcohol motifs (C(OH)–C–C–N with tert-alkyl or cyclic N) is 1. The smallest absolute Gasteiger partial charge is 0.318 e. The maximum Gasteiger partial charge on any atom is 0.318 e. The number of carbonyl (C=O) groups is 2. The van der Waals surface area contributed by atoms with Crippen molar-refractivity contribution in [2.24, 2.45) is 0 Å². The first-order valence-corrected chi connectivity index (χ1v) is 11.1. The summed E-state index contributed by atoms with van der Waals surface area (Å²) in [5.41, 5.74) is 2.64. The molecular weight excluding hydrogens is 418 g/mol. The summed E-state index contributed by atoms with van der Waals surface area (Å²) in [5.74, 6) is 0.455. The zero-order valence-electron chi connectivity index (χ0n) is 19.6. The van der Waals surface area contributed by atoms with Crippen LogP contribution in [0, 0.1) is 11.3 Å². The molecule has 1 saturated heterocycles. The first-order valence-electron chi connectivity index (χ1n) is 11.1. The van der Waals surface area contributed by atoms with Gasteiger partial charge in [-0.15, -0.1) is 0 Å². The zero-order valence-corrected chi connectivity index (χ0v) is 19.6. The lowest BCUT2D eigenvalue weighted by Crippen LogP contribution is -2.43. The normalized spacial score (nSPS) is 16.7. The van der Waals surface area contributed by atoms with Crippen LogP contribution in [0.15, 0.2) is 42.5 Å². The molecule has 174 valence electrons. The highest BCUT2D eigenvalue weighted by molar-refractivity contribution is 5.91. The van der Waals surface area contributed by atoms with Crippen LogP contribution in [0.2, 0.25) is 0 Å². The fourth-order valence-electron chi connectivity index (χ4n) is 4.04. The minimum absolute atomic E-state index is 0.0682. The Balaban J connectivity index is 1.85. The number of ketones is 1. The number of benzene rings is 2. The van der Waals surface area contributed by atoms with Crippen LogP contribution in [0.3, 0.4) is 0 Å². The molecule has 7 heteroatoms. The first-order chi connectivity index (χ1) is 15.6. The van der Waals surface area contributed by atoms with Crippen molar-refractivity contribution in [3.63, 3.8) is 0 Å². The number of urea groups is 1. The summed E-state index contributed by atoms with van der Waals surface area (Å²) < 4.78 is 5.20. The third-order valence-corrected chi connectivity index (χ3v) is 5.88. The number of likely N-dealkylation sites (tertiary alicyclic amines) is 1. The molecule has 2 amide bonds. The lowest BCUT2D eigenvalue weighted by atomic mass is 9.83. The molecule has 33 heavy (non-hydrogen) atoms. The molecule has 0 radical (unpaired) electrons. The van der Waals surface area contributed by atoms with E-state index >= 15 is 0 Å². The fraction of sp³-hybridized carbons (Fsp3) is 0.423. The van der Waals surface area contributed by atoms with Gasteiger partial charge in [0, 0.05) is 19.5 Å². The number of Topliss-reactive ketones (excluding diaryl/α,β-unsaturated/α-hetero) is 1. The lowest BCUT2D eigenvalue weighted by Gasteiger charge is -2.24. The molecule has 0 saturated carbocycles. The average molecular weight is 450 g/mol. The van der Waals surface area contributed by atoms with E-state index in [-0.39, 0.29) is 30.2 Å². The molecule has 1 aliphatic heterocycles. The number of rotatable bonds is 6. The number of ether oxygens (including phenoxy) is 1.